The summed E-state index contributed by atoms with van der Waals surface area (Å²) in [6.07, 6.45) is 1.23. The number of carbonyl (C=O) groups excluding carboxylic acids is 1. The molecular weight excluding hydrogens is 398 g/mol. The van der Waals surface area contributed by atoms with Gasteiger partial charge in [0, 0.05) is 36.8 Å². The molecule has 0 fully saturated rings. The van der Waals surface area contributed by atoms with Crippen molar-refractivity contribution in [3.63, 3.8) is 0 Å². The number of imidazole rings is 1. The summed E-state index contributed by atoms with van der Waals surface area (Å²) in [6.45, 7) is 3.31. The van der Waals surface area contributed by atoms with Gasteiger partial charge < -0.3 is 13.7 Å². The Hall–Kier alpha value is -2.98. The van der Waals surface area contributed by atoms with Crippen LogP contribution in [-0.4, -0.2) is 30.5 Å². The van der Waals surface area contributed by atoms with E-state index >= 15 is 0 Å². The lowest BCUT2D eigenvalue weighted by Crippen LogP contribution is -2.27. The smallest absolute Gasteiger partial charge is 0.336 e. The normalized spacial score (nSPS) is 11.7. The molecule has 0 bridgehead atoms. The standard InChI is InChI=1S/C19H21N3O6S/c1-12-4-5-15-14(9-19(24)28-16(15)8-12)11-27-18(23)6-7-20-29(25,26)17-10-22(3)13(2)21-17/h4-5,8-10,20H,6-7,11H2,1-3H3. The van der Waals surface area contributed by atoms with E-state index in [0.29, 0.717) is 22.4 Å². The topological polar surface area (TPSA) is 121 Å². The van der Waals surface area contributed by atoms with E-state index in [1.165, 1.54) is 12.3 Å². The Labute approximate surface area is 167 Å². The minimum Gasteiger partial charge on any atom is -0.461 e. The van der Waals surface area contributed by atoms with Gasteiger partial charge >= 0.3 is 11.6 Å². The van der Waals surface area contributed by atoms with Crippen molar-refractivity contribution in [3.8, 4) is 0 Å². The third-order valence-corrected chi connectivity index (χ3v) is 5.69. The van der Waals surface area contributed by atoms with Gasteiger partial charge in [0.15, 0.2) is 5.03 Å². The molecule has 0 aliphatic heterocycles. The molecule has 154 valence electrons. The van der Waals surface area contributed by atoms with Crippen LogP contribution in [0.1, 0.15) is 23.4 Å². The summed E-state index contributed by atoms with van der Waals surface area (Å²) in [6, 6.07) is 6.66. The number of hydrogen-bond acceptors (Lipinski definition) is 7. The van der Waals surface area contributed by atoms with Crippen LogP contribution in [0, 0.1) is 13.8 Å². The molecule has 2 heterocycles. The van der Waals surface area contributed by atoms with E-state index in [-0.39, 0.29) is 24.6 Å². The third-order valence-electron chi connectivity index (χ3n) is 4.36. The second-order valence-electron chi connectivity index (χ2n) is 6.64. The molecule has 0 aliphatic carbocycles. The highest BCUT2D eigenvalue weighted by Crippen LogP contribution is 2.19. The Morgan fingerprint density at radius 2 is 2.03 bits per heavy atom. The van der Waals surface area contributed by atoms with E-state index in [4.69, 9.17) is 9.15 Å². The maximum absolute atomic E-state index is 12.2. The van der Waals surface area contributed by atoms with Crippen LogP contribution in [0.4, 0.5) is 0 Å². The van der Waals surface area contributed by atoms with Crippen molar-refractivity contribution in [1.82, 2.24) is 14.3 Å². The Morgan fingerprint density at radius 3 is 2.72 bits per heavy atom. The van der Waals surface area contributed by atoms with Gasteiger partial charge in [0.25, 0.3) is 10.0 Å². The first kappa shape index (κ1) is 20.7. The lowest BCUT2D eigenvalue weighted by atomic mass is 10.1. The summed E-state index contributed by atoms with van der Waals surface area (Å²) in [5.74, 6) is -0.0436. The Bertz CT molecular complexity index is 1210. The highest BCUT2D eigenvalue weighted by Gasteiger charge is 2.18. The number of fused-ring (bicyclic) bond motifs is 1. The molecule has 10 heteroatoms. The van der Waals surface area contributed by atoms with Gasteiger partial charge in [-0.2, -0.15) is 0 Å². The van der Waals surface area contributed by atoms with Crippen molar-refractivity contribution in [2.75, 3.05) is 6.54 Å². The molecule has 0 spiro atoms. The minimum atomic E-state index is -3.81. The molecule has 3 aromatic rings. The fourth-order valence-electron chi connectivity index (χ4n) is 2.70. The summed E-state index contributed by atoms with van der Waals surface area (Å²) in [5.41, 5.74) is 1.34. The molecule has 0 aliphatic rings. The Balaban J connectivity index is 1.58. The van der Waals surface area contributed by atoms with Crippen molar-refractivity contribution in [2.45, 2.75) is 31.9 Å². The van der Waals surface area contributed by atoms with Crippen LogP contribution in [-0.2, 0) is 33.2 Å². The van der Waals surface area contributed by atoms with Crippen molar-refractivity contribution in [1.29, 1.82) is 0 Å². The van der Waals surface area contributed by atoms with E-state index in [1.807, 2.05) is 13.0 Å². The predicted octanol–water partition coefficient (Wildman–Crippen LogP) is 1.56. The average Bonchev–Trinajstić information content (AvgIpc) is 2.98. The first-order chi connectivity index (χ1) is 13.7. The van der Waals surface area contributed by atoms with Crippen LogP contribution in [0.15, 0.2) is 44.7 Å². The van der Waals surface area contributed by atoms with Gasteiger partial charge in [-0.1, -0.05) is 12.1 Å². The number of benzene rings is 1. The van der Waals surface area contributed by atoms with Crippen molar-refractivity contribution >= 4 is 27.0 Å². The van der Waals surface area contributed by atoms with Crippen molar-refractivity contribution < 1.29 is 22.4 Å². The fraction of sp³-hybridized carbons (Fsp3) is 0.316. The molecule has 3 rings (SSSR count). The molecule has 0 saturated heterocycles. The molecular formula is C19H21N3O6S. The molecule has 0 unspecified atom stereocenters. The number of hydrogen-bond donors (Lipinski definition) is 1. The predicted molar refractivity (Wildman–Crippen MR) is 105 cm³/mol. The van der Waals surface area contributed by atoms with Crippen molar-refractivity contribution in [3.05, 3.63) is 57.8 Å². The number of nitrogens with one attached hydrogen (secondary N) is 1. The summed E-state index contributed by atoms with van der Waals surface area (Å²) in [5, 5.41) is 0.567. The second kappa shape index (κ2) is 8.18. The van der Waals surface area contributed by atoms with Gasteiger partial charge in [0.05, 0.1) is 6.42 Å². The lowest BCUT2D eigenvalue weighted by molar-refractivity contribution is -0.144. The quantitative estimate of drug-likeness (QED) is 0.456. The second-order valence-corrected chi connectivity index (χ2v) is 8.35. The lowest BCUT2D eigenvalue weighted by Gasteiger charge is -2.08. The summed E-state index contributed by atoms with van der Waals surface area (Å²) in [4.78, 5) is 27.7. The Morgan fingerprint density at radius 1 is 1.28 bits per heavy atom. The summed E-state index contributed by atoms with van der Waals surface area (Å²) >= 11 is 0. The molecule has 0 atom stereocenters. The van der Waals surface area contributed by atoms with Crippen LogP contribution in [0.3, 0.4) is 0 Å². The molecule has 0 radical (unpaired) electrons. The molecule has 1 aromatic carbocycles. The van der Waals surface area contributed by atoms with Crippen molar-refractivity contribution in [2.24, 2.45) is 7.05 Å². The van der Waals surface area contributed by atoms with Crippen LogP contribution >= 0.6 is 0 Å². The van der Waals surface area contributed by atoms with Gasteiger partial charge in [-0.05, 0) is 25.5 Å². The fourth-order valence-corrected chi connectivity index (χ4v) is 3.77. The number of sulfonamides is 1. The number of ether oxygens (including phenoxy) is 1. The third kappa shape index (κ3) is 4.90. The maximum atomic E-state index is 12.2. The van der Waals surface area contributed by atoms with Crippen LogP contribution in [0.5, 0.6) is 0 Å². The minimum absolute atomic E-state index is 0.108. The van der Waals surface area contributed by atoms with Gasteiger partial charge in [-0.15, -0.1) is 0 Å². The number of aromatic nitrogens is 2. The first-order valence-corrected chi connectivity index (χ1v) is 10.3. The number of nitrogens with zero attached hydrogens (tertiary/aromatic N) is 2. The molecule has 0 saturated carbocycles. The summed E-state index contributed by atoms with van der Waals surface area (Å²) < 4.78 is 38.6. The molecule has 1 N–H and O–H groups in total. The number of esters is 1. The average molecular weight is 419 g/mol. The maximum Gasteiger partial charge on any atom is 0.336 e. The van der Waals surface area contributed by atoms with E-state index in [0.717, 1.165) is 5.56 Å². The van der Waals surface area contributed by atoms with Crippen LogP contribution in [0.2, 0.25) is 0 Å². The number of aryl methyl sites for hydroxylation is 3. The molecule has 2 aromatic heterocycles. The highest BCUT2D eigenvalue weighted by atomic mass is 32.2. The molecule has 0 amide bonds. The SMILES string of the molecule is Cc1ccc2c(COC(=O)CCNS(=O)(=O)c3cn(C)c(C)n3)cc(=O)oc2c1. The van der Waals surface area contributed by atoms with E-state index in [2.05, 4.69) is 9.71 Å². The van der Waals surface area contributed by atoms with E-state index in [9.17, 15) is 18.0 Å². The van der Waals surface area contributed by atoms with Gasteiger partial charge in [-0.25, -0.2) is 22.9 Å². The monoisotopic (exact) mass is 419 g/mol. The number of carbonyl (C=O) groups is 1. The van der Waals surface area contributed by atoms with E-state index < -0.39 is 21.6 Å². The van der Waals surface area contributed by atoms with Crippen LogP contribution < -0.4 is 10.3 Å². The number of rotatable bonds is 7. The highest BCUT2D eigenvalue weighted by molar-refractivity contribution is 7.89. The largest absolute Gasteiger partial charge is 0.461 e. The van der Waals surface area contributed by atoms with E-state index in [1.54, 1.807) is 30.7 Å². The zero-order valence-electron chi connectivity index (χ0n) is 16.3. The summed E-state index contributed by atoms with van der Waals surface area (Å²) in [7, 11) is -2.12. The van der Waals surface area contributed by atoms with Gasteiger partial charge in [0.2, 0.25) is 0 Å². The van der Waals surface area contributed by atoms with Gasteiger partial charge in [0.1, 0.15) is 18.0 Å². The molecule has 9 nitrogen and oxygen atoms in total. The van der Waals surface area contributed by atoms with Crippen LogP contribution in [0.25, 0.3) is 11.0 Å². The zero-order chi connectivity index (χ0) is 21.2. The Kier molecular flexibility index (Phi) is 5.85. The zero-order valence-corrected chi connectivity index (χ0v) is 17.1. The molecule has 29 heavy (non-hydrogen) atoms. The van der Waals surface area contributed by atoms with Gasteiger partial charge in [-0.3, -0.25) is 4.79 Å². The first-order valence-electron chi connectivity index (χ1n) is 8.84.